The molecule has 2 unspecified atom stereocenters. The highest BCUT2D eigenvalue weighted by Gasteiger charge is 2.07. The van der Waals surface area contributed by atoms with Crippen LogP contribution in [0.4, 0.5) is 0 Å². The molecule has 0 spiro atoms. The number of aliphatic imine (C=N–C) groups is 1. The van der Waals surface area contributed by atoms with E-state index >= 15 is 0 Å². The summed E-state index contributed by atoms with van der Waals surface area (Å²) in [4.78, 5) is 6.09. The van der Waals surface area contributed by atoms with Crippen LogP contribution in [-0.4, -0.2) is 38.8 Å². The van der Waals surface area contributed by atoms with Crippen LogP contribution in [0.15, 0.2) is 22.5 Å². The van der Waals surface area contributed by atoms with Crippen molar-refractivity contribution in [3.05, 3.63) is 22.4 Å². The fraction of sp³-hybridized carbons (Fsp3) is 0.667. The van der Waals surface area contributed by atoms with E-state index in [1.807, 2.05) is 11.3 Å². The number of nitrogens with zero attached hydrogens (tertiary/aromatic N) is 1. The average Bonchev–Trinajstić information content (AvgIpc) is 2.89. The van der Waals surface area contributed by atoms with E-state index in [4.69, 9.17) is 4.74 Å². The molecule has 20 heavy (non-hydrogen) atoms. The minimum atomic E-state index is 0.255. The van der Waals surface area contributed by atoms with Gasteiger partial charge in [0.2, 0.25) is 0 Å². The summed E-state index contributed by atoms with van der Waals surface area (Å²) >= 11 is 1.82. The molecule has 2 atom stereocenters. The summed E-state index contributed by atoms with van der Waals surface area (Å²) in [7, 11) is 1.71. The molecule has 0 amide bonds. The number of thiophene rings is 1. The molecule has 1 aromatic rings. The Bertz CT molecular complexity index is 378. The number of nitrogens with one attached hydrogen (secondary N) is 2. The highest BCUT2D eigenvalue weighted by Crippen LogP contribution is 2.14. The zero-order chi connectivity index (χ0) is 14.8. The summed E-state index contributed by atoms with van der Waals surface area (Å²) in [6.07, 6.45) is 1.09. The van der Waals surface area contributed by atoms with Crippen molar-refractivity contribution in [3.8, 4) is 0 Å². The molecule has 0 aromatic carbocycles. The predicted octanol–water partition coefficient (Wildman–Crippen LogP) is 2.52. The van der Waals surface area contributed by atoms with Crippen molar-refractivity contribution in [2.75, 3.05) is 26.8 Å². The largest absolute Gasteiger partial charge is 0.383 e. The van der Waals surface area contributed by atoms with Gasteiger partial charge in [-0.25, -0.2) is 0 Å². The molecule has 1 aromatic heterocycles. The zero-order valence-electron chi connectivity index (χ0n) is 13.0. The van der Waals surface area contributed by atoms with Crippen molar-refractivity contribution in [2.24, 2.45) is 10.9 Å². The topological polar surface area (TPSA) is 45.7 Å². The first-order valence-electron chi connectivity index (χ1n) is 7.21. The standard InChI is InChI=1S/C15H27N3OS/c1-5-16-15(18-13(3)11-19-4)17-10-12(2)9-14-7-6-8-20-14/h6-8,12-13H,5,9-11H2,1-4H3,(H2,16,17,18). The lowest BCUT2D eigenvalue weighted by Crippen LogP contribution is -2.44. The number of methoxy groups -OCH3 is 1. The van der Waals surface area contributed by atoms with Crippen molar-refractivity contribution in [2.45, 2.75) is 33.2 Å². The maximum absolute atomic E-state index is 5.13. The average molecular weight is 297 g/mol. The number of ether oxygens (including phenoxy) is 1. The van der Waals surface area contributed by atoms with Gasteiger partial charge in [0.15, 0.2) is 5.96 Å². The van der Waals surface area contributed by atoms with Crippen molar-refractivity contribution < 1.29 is 4.74 Å². The molecule has 0 saturated heterocycles. The molecule has 114 valence electrons. The smallest absolute Gasteiger partial charge is 0.191 e. The molecule has 1 heterocycles. The van der Waals surface area contributed by atoms with Gasteiger partial charge in [-0.05, 0) is 37.6 Å². The van der Waals surface area contributed by atoms with E-state index < -0.39 is 0 Å². The van der Waals surface area contributed by atoms with Gasteiger partial charge in [0.25, 0.3) is 0 Å². The summed E-state index contributed by atoms with van der Waals surface area (Å²) in [5.74, 6) is 1.41. The molecule has 2 N–H and O–H groups in total. The summed E-state index contributed by atoms with van der Waals surface area (Å²) in [5.41, 5.74) is 0. The summed E-state index contributed by atoms with van der Waals surface area (Å²) in [5, 5.41) is 8.75. The van der Waals surface area contributed by atoms with E-state index in [9.17, 15) is 0 Å². The second-order valence-corrected chi connectivity index (χ2v) is 6.14. The van der Waals surface area contributed by atoms with Crippen molar-refractivity contribution in [1.82, 2.24) is 10.6 Å². The van der Waals surface area contributed by atoms with Crippen LogP contribution in [0.25, 0.3) is 0 Å². The van der Waals surface area contributed by atoms with Crippen LogP contribution in [0.3, 0.4) is 0 Å². The van der Waals surface area contributed by atoms with Gasteiger partial charge in [-0.2, -0.15) is 0 Å². The minimum absolute atomic E-state index is 0.255. The molecule has 0 aliphatic heterocycles. The molecule has 0 aliphatic carbocycles. The van der Waals surface area contributed by atoms with Gasteiger partial charge in [-0.15, -0.1) is 11.3 Å². The van der Waals surface area contributed by atoms with Crippen molar-refractivity contribution >= 4 is 17.3 Å². The molecule has 0 fully saturated rings. The fourth-order valence-electron chi connectivity index (χ4n) is 1.93. The molecule has 0 aliphatic rings. The van der Waals surface area contributed by atoms with Gasteiger partial charge in [0.05, 0.1) is 6.61 Å². The van der Waals surface area contributed by atoms with Crippen molar-refractivity contribution in [3.63, 3.8) is 0 Å². The maximum atomic E-state index is 5.13. The van der Waals surface area contributed by atoms with Crippen LogP contribution in [0, 0.1) is 5.92 Å². The Balaban J connectivity index is 2.44. The number of hydrogen-bond donors (Lipinski definition) is 2. The Morgan fingerprint density at radius 1 is 1.45 bits per heavy atom. The van der Waals surface area contributed by atoms with Crippen LogP contribution < -0.4 is 10.6 Å². The summed E-state index contributed by atoms with van der Waals surface area (Å²) in [6.45, 7) is 8.77. The SMILES string of the molecule is CCNC(=NCC(C)Cc1cccs1)NC(C)COC. The van der Waals surface area contributed by atoms with Gasteiger partial charge in [0.1, 0.15) is 0 Å². The van der Waals surface area contributed by atoms with E-state index in [0.29, 0.717) is 12.5 Å². The lowest BCUT2D eigenvalue weighted by atomic mass is 10.1. The quantitative estimate of drug-likeness (QED) is 0.572. The molecule has 0 radical (unpaired) electrons. The molecule has 1 rings (SSSR count). The molecular weight excluding hydrogens is 270 g/mol. The Kier molecular flexibility index (Phi) is 8.30. The van der Waals surface area contributed by atoms with Crippen LogP contribution in [0.1, 0.15) is 25.6 Å². The third kappa shape index (κ3) is 6.91. The number of guanidine groups is 1. The molecular formula is C15H27N3OS. The van der Waals surface area contributed by atoms with E-state index in [-0.39, 0.29) is 6.04 Å². The van der Waals surface area contributed by atoms with Gasteiger partial charge in [0, 0.05) is 31.1 Å². The van der Waals surface area contributed by atoms with E-state index in [0.717, 1.165) is 25.5 Å². The van der Waals surface area contributed by atoms with Crippen LogP contribution in [0.5, 0.6) is 0 Å². The van der Waals surface area contributed by atoms with Gasteiger partial charge < -0.3 is 15.4 Å². The third-order valence-corrected chi connectivity index (χ3v) is 3.73. The monoisotopic (exact) mass is 297 g/mol. The third-order valence-electron chi connectivity index (χ3n) is 2.83. The Morgan fingerprint density at radius 2 is 2.25 bits per heavy atom. The van der Waals surface area contributed by atoms with Crippen LogP contribution >= 0.6 is 11.3 Å². The van der Waals surface area contributed by atoms with Gasteiger partial charge in [-0.1, -0.05) is 13.0 Å². The number of rotatable bonds is 8. The van der Waals surface area contributed by atoms with Gasteiger partial charge in [-0.3, -0.25) is 4.99 Å². The highest BCUT2D eigenvalue weighted by molar-refractivity contribution is 7.09. The van der Waals surface area contributed by atoms with Crippen LogP contribution in [0.2, 0.25) is 0 Å². The lowest BCUT2D eigenvalue weighted by molar-refractivity contribution is 0.179. The van der Waals surface area contributed by atoms with Gasteiger partial charge >= 0.3 is 0 Å². The van der Waals surface area contributed by atoms with E-state index in [1.54, 1.807) is 7.11 Å². The summed E-state index contributed by atoms with van der Waals surface area (Å²) < 4.78 is 5.13. The molecule has 5 heteroatoms. The Hall–Kier alpha value is -1.07. The maximum Gasteiger partial charge on any atom is 0.191 e. The summed E-state index contributed by atoms with van der Waals surface area (Å²) in [6, 6.07) is 4.55. The second-order valence-electron chi connectivity index (χ2n) is 5.11. The second kappa shape index (κ2) is 9.77. The van der Waals surface area contributed by atoms with E-state index in [2.05, 4.69) is 53.9 Å². The normalized spacial score (nSPS) is 14.9. The Morgan fingerprint density at radius 3 is 2.85 bits per heavy atom. The molecule has 4 nitrogen and oxygen atoms in total. The lowest BCUT2D eigenvalue weighted by Gasteiger charge is -2.17. The first-order valence-corrected chi connectivity index (χ1v) is 8.09. The molecule has 0 bridgehead atoms. The first kappa shape index (κ1) is 17.0. The fourth-order valence-corrected chi connectivity index (χ4v) is 2.80. The van der Waals surface area contributed by atoms with E-state index in [1.165, 1.54) is 4.88 Å². The molecule has 0 saturated carbocycles. The van der Waals surface area contributed by atoms with Crippen molar-refractivity contribution in [1.29, 1.82) is 0 Å². The van der Waals surface area contributed by atoms with Crippen LogP contribution in [-0.2, 0) is 11.2 Å². The predicted molar refractivity (Wildman–Crippen MR) is 87.6 cm³/mol. The highest BCUT2D eigenvalue weighted by atomic mass is 32.1. The first-order chi connectivity index (χ1) is 9.65. The Labute approximate surface area is 126 Å². The zero-order valence-corrected chi connectivity index (χ0v) is 13.8. The minimum Gasteiger partial charge on any atom is -0.383 e. The number of hydrogen-bond acceptors (Lipinski definition) is 3.